The molecule has 0 amide bonds. The van der Waals surface area contributed by atoms with Gasteiger partial charge in [0.05, 0.1) is 12.2 Å². The van der Waals surface area contributed by atoms with Gasteiger partial charge in [0.2, 0.25) is 0 Å². The SMILES string of the molecule is C[C@]12CC[C@H](O)CC1=C[C@@H](O)[C@@H]1C2=CC[C@]2(C)C(=O)CC[C@@H]12. The topological polar surface area (TPSA) is 57.5 Å². The summed E-state index contributed by atoms with van der Waals surface area (Å²) in [5, 5.41) is 20.8. The van der Waals surface area contributed by atoms with E-state index in [0.29, 0.717) is 18.6 Å². The minimum Gasteiger partial charge on any atom is -0.393 e. The van der Waals surface area contributed by atoms with E-state index in [1.54, 1.807) is 0 Å². The average molecular weight is 302 g/mol. The van der Waals surface area contributed by atoms with Crippen LogP contribution in [0.25, 0.3) is 0 Å². The lowest BCUT2D eigenvalue weighted by atomic mass is 9.52. The molecule has 4 aliphatic carbocycles. The van der Waals surface area contributed by atoms with Gasteiger partial charge in [0.15, 0.2) is 0 Å². The van der Waals surface area contributed by atoms with Gasteiger partial charge in [-0.2, -0.15) is 0 Å². The molecule has 2 fully saturated rings. The molecule has 0 spiro atoms. The van der Waals surface area contributed by atoms with Gasteiger partial charge >= 0.3 is 0 Å². The second kappa shape index (κ2) is 4.55. The first-order valence-corrected chi connectivity index (χ1v) is 8.67. The Bertz CT molecular complexity index is 589. The molecule has 0 radical (unpaired) electrons. The smallest absolute Gasteiger partial charge is 0.139 e. The zero-order chi connectivity index (χ0) is 15.7. The third-order valence-electron chi connectivity index (χ3n) is 7.20. The lowest BCUT2D eigenvalue weighted by Crippen LogP contribution is -2.49. The van der Waals surface area contributed by atoms with Gasteiger partial charge in [-0.05, 0) is 38.0 Å². The summed E-state index contributed by atoms with van der Waals surface area (Å²) < 4.78 is 0. The van der Waals surface area contributed by atoms with Crippen molar-refractivity contribution in [2.45, 2.75) is 64.6 Å². The van der Waals surface area contributed by atoms with Crippen LogP contribution in [0, 0.1) is 22.7 Å². The Morgan fingerprint density at radius 2 is 2.00 bits per heavy atom. The predicted molar refractivity (Wildman–Crippen MR) is 84.1 cm³/mol. The Labute approximate surface area is 132 Å². The fourth-order valence-electron chi connectivity index (χ4n) is 5.72. The van der Waals surface area contributed by atoms with Crippen LogP contribution in [0.3, 0.4) is 0 Å². The van der Waals surface area contributed by atoms with E-state index in [9.17, 15) is 15.0 Å². The maximum absolute atomic E-state index is 12.4. The zero-order valence-electron chi connectivity index (χ0n) is 13.5. The largest absolute Gasteiger partial charge is 0.393 e. The molecule has 2 N–H and O–H groups in total. The van der Waals surface area contributed by atoms with Crippen LogP contribution in [0.2, 0.25) is 0 Å². The monoisotopic (exact) mass is 302 g/mol. The van der Waals surface area contributed by atoms with Crippen molar-refractivity contribution < 1.29 is 15.0 Å². The number of Topliss-reactive ketones (excluding diaryl/α,β-unsaturated/α-hetero) is 1. The van der Waals surface area contributed by atoms with Gasteiger partial charge in [-0.25, -0.2) is 0 Å². The summed E-state index contributed by atoms with van der Waals surface area (Å²) in [4.78, 5) is 12.4. The number of aliphatic hydroxyl groups is 2. The van der Waals surface area contributed by atoms with Gasteiger partial charge in [0.1, 0.15) is 5.78 Å². The molecule has 120 valence electrons. The lowest BCUT2D eigenvalue weighted by molar-refractivity contribution is -0.127. The quantitative estimate of drug-likeness (QED) is 0.677. The second-order valence-electron chi connectivity index (χ2n) is 8.29. The highest BCUT2D eigenvalue weighted by Crippen LogP contribution is 2.61. The summed E-state index contributed by atoms with van der Waals surface area (Å²) in [5.74, 6) is 0.740. The number of hydrogen-bond acceptors (Lipinski definition) is 3. The third-order valence-corrected chi connectivity index (χ3v) is 7.20. The number of rotatable bonds is 0. The molecule has 0 aliphatic heterocycles. The molecule has 4 aliphatic rings. The van der Waals surface area contributed by atoms with Crippen molar-refractivity contribution in [2.75, 3.05) is 0 Å². The zero-order valence-corrected chi connectivity index (χ0v) is 13.5. The molecule has 22 heavy (non-hydrogen) atoms. The summed E-state index contributed by atoms with van der Waals surface area (Å²) in [6.45, 7) is 4.37. The molecule has 0 aromatic heterocycles. The Hall–Kier alpha value is -0.930. The van der Waals surface area contributed by atoms with Crippen molar-refractivity contribution >= 4 is 5.78 Å². The van der Waals surface area contributed by atoms with Crippen LogP contribution in [0.4, 0.5) is 0 Å². The molecule has 0 saturated heterocycles. The maximum Gasteiger partial charge on any atom is 0.139 e. The minimum atomic E-state index is -0.504. The molecule has 0 aromatic rings. The normalized spacial score (nSPS) is 50.6. The highest BCUT2D eigenvalue weighted by atomic mass is 16.3. The first-order chi connectivity index (χ1) is 10.4. The van der Waals surface area contributed by atoms with Gasteiger partial charge < -0.3 is 10.2 Å². The van der Waals surface area contributed by atoms with Crippen molar-refractivity contribution in [2.24, 2.45) is 22.7 Å². The average Bonchev–Trinajstić information content (AvgIpc) is 2.77. The Morgan fingerprint density at radius 1 is 1.23 bits per heavy atom. The number of aliphatic hydroxyl groups excluding tert-OH is 2. The van der Waals surface area contributed by atoms with Gasteiger partial charge in [-0.15, -0.1) is 0 Å². The molecule has 3 heteroatoms. The van der Waals surface area contributed by atoms with Gasteiger partial charge in [-0.1, -0.05) is 37.1 Å². The molecule has 0 heterocycles. The molecule has 0 bridgehead atoms. The fourth-order valence-corrected chi connectivity index (χ4v) is 5.72. The first-order valence-electron chi connectivity index (χ1n) is 8.67. The standard InChI is InChI=1S/C19H26O3/c1-18-7-5-12(20)9-11(18)10-15(21)17-13-3-4-16(22)19(13,2)8-6-14(17)18/h6,10,12-13,15,17,20-21H,3-5,7-9H2,1-2H3/t12-,13-,15+,17-,18-,19-/m0/s1. The van der Waals surface area contributed by atoms with Crippen molar-refractivity contribution in [1.82, 2.24) is 0 Å². The van der Waals surface area contributed by atoms with Crippen LogP contribution in [0.5, 0.6) is 0 Å². The highest BCUT2D eigenvalue weighted by Gasteiger charge is 2.57. The first kappa shape index (κ1) is 14.6. The van der Waals surface area contributed by atoms with Gasteiger partial charge in [0.25, 0.3) is 0 Å². The highest BCUT2D eigenvalue weighted by molar-refractivity contribution is 5.87. The van der Waals surface area contributed by atoms with E-state index >= 15 is 0 Å². The van der Waals surface area contributed by atoms with Crippen molar-refractivity contribution in [3.8, 4) is 0 Å². The molecule has 4 rings (SSSR count). The Kier molecular flexibility index (Phi) is 3.03. The summed E-state index contributed by atoms with van der Waals surface area (Å²) in [5.41, 5.74) is 2.26. The summed E-state index contributed by atoms with van der Waals surface area (Å²) in [6.07, 6.45) is 8.34. The van der Waals surface area contributed by atoms with E-state index in [2.05, 4.69) is 19.9 Å². The van der Waals surface area contributed by atoms with E-state index in [-0.39, 0.29) is 28.8 Å². The minimum absolute atomic E-state index is 0.0178. The van der Waals surface area contributed by atoms with Crippen LogP contribution in [-0.4, -0.2) is 28.2 Å². The van der Waals surface area contributed by atoms with Crippen LogP contribution in [0.1, 0.15) is 52.4 Å². The van der Waals surface area contributed by atoms with Crippen LogP contribution < -0.4 is 0 Å². The Balaban J connectivity index is 1.80. The number of carbonyl (C=O) groups is 1. The van der Waals surface area contributed by atoms with Crippen molar-refractivity contribution in [3.63, 3.8) is 0 Å². The van der Waals surface area contributed by atoms with Crippen LogP contribution in [-0.2, 0) is 4.79 Å². The van der Waals surface area contributed by atoms with E-state index in [0.717, 1.165) is 25.7 Å². The van der Waals surface area contributed by atoms with Crippen molar-refractivity contribution in [3.05, 3.63) is 23.3 Å². The number of allylic oxidation sites excluding steroid dienone is 1. The van der Waals surface area contributed by atoms with Gasteiger partial charge in [0, 0.05) is 23.2 Å². The summed E-state index contributed by atoms with van der Waals surface area (Å²) >= 11 is 0. The van der Waals surface area contributed by atoms with Crippen LogP contribution in [0.15, 0.2) is 23.3 Å². The maximum atomic E-state index is 12.4. The van der Waals surface area contributed by atoms with Crippen LogP contribution >= 0.6 is 0 Å². The van der Waals surface area contributed by atoms with Crippen molar-refractivity contribution in [1.29, 1.82) is 0 Å². The third kappa shape index (κ3) is 1.73. The Morgan fingerprint density at radius 3 is 2.77 bits per heavy atom. The summed E-state index contributed by atoms with van der Waals surface area (Å²) in [7, 11) is 0. The molecule has 0 unspecified atom stereocenters. The predicted octanol–water partition coefficient (Wildman–Crippen LogP) is 2.77. The fraction of sp³-hybridized carbons (Fsp3) is 0.737. The number of carbonyl (C=O) groups excluding carboxylic acids is 1. The lowest BCUT2D eigenvalue weighted by Gasteiger charge is -2.53. The summed E-state index contributed by atoms with van der Waals surface area (Å²) in [6, 6.07) is 0. The second-order valence-corrected chi connectivity index (χ2v) is 8.29. The van der Waals surface area contributed by atoms with E-state index in [1.807, 2.05) is 6.08 Å². The molecule has 0 aromatic carbocycles. The molecule has 3 nitrogen and oxygen atoms in total. The molecular weight excluding hydrogens is 276 g/mol. The van der Waals surface area contributed by atoms with E-state index < -0.39 is 6.10 Å². The molecule has 6 atom stereocenters. The molecular formula is C19H26O3. The number of ketones is 1. The van der Waals surface area contributed by atoms with Gasteiger partial charge in [-0.3, -0.25) is 4.79 Å². The van der Waals surface area contributed by atoms with E-state index in [1.165, 1.54) is 11.1 Å². The number of hydrogen-bond donors (Lipinski definition) is 2. The van der Waals surface area contributed by atoms with E-state index in [4.69, 9.17) is 0 Å². The molecule has 2 saturated carbocycles. The number of fused-ring (bicyclic) bond motifs is 5.